The number of aliphatic imine (C=N–C) groups is 1. The first-order valence-corrected chi connectivity index (χ1v) is 8.62. The SMILES string of the molecule is CN=C(NCC1CC1)NCC(SC)c1cccc(Cl)c1.I. The Hall–Kier alpha value is -0.140. The van der Waals surface area contributed by atoms with Gasteiger partial charge in [0, 0.05) is 30.4 Å². The monoisotopic (exact) mass is 439 g/mol. The van der Waals surface area contributed by atoms with Crippen LogP contribution in [0.2, 0.25) is 5.02 Å². The predicted molar refractivity (Wildman–Crippen MR) is 105 cm³/mol. The first-order valence-electron chi connectivity index (χ1n) is 6.95. The summed E-state index contributed by atoms with van der Waals surface area (Å²) < 4.78 is 0. The molecule has 2 N–H and O–H groups in total. The molecule has 0 bridgehead atoms. The van der Waals surface area contributed by atoms with Crippen LogP contribution >= 0.6 is 47.3 Å². The minimum Gasteiger partial charge on any atom is -0.356 e. The third-order valence-electron chi connectivity index (χ3n) is 3.44. The fourth-order valence-electron chi connectivity index (χ4n) is 2.02. The summed E-state index contributed by atoms with van der Waals surface area (Å²) in [6.45, 7) is 1.87. The van der Waals surface area contributed by atoms with Crippen LogP contribution < -0.4 is 10.6 Å². The van der Waals surface area contributed by atoms with Gasteiger partial charge in [0.1, 0.15) is 0 Å². The van der Waals surface area contributed by atoms with Gasteiger partial charge in [-0.2, -0.15) is 11.8 Å². The molecule has 0 saturated heterocycles. The molecule has 6 heteroatoms. The van der Waals surface area contributed by atoms with E-state index in [4.69, 9.17) is 11.6 Å². The molecule has 0 radical (unpaired) electrons. The van der Waals surface area contributed by atoms with E-state index in [0.717, 1.165) is 30.0 Å². The number of halogens is 2. The van der Waals surface area contributed by atoms with Crippen LogP contribution in [0.15, 0.2) is 29.3 Å². The fourth-order valence-corrected chi connectivity index (χ4v) is 2.88. The van der Waals surface area contributed by atoms with Crippen molar-refractivity contribution in [1.29, 1.82) is 0 Å². The molecular formula is C15H23ClIN3S. The standard InChI is InChI=1S/C15H22ClN3S.HI/c1-17-15(18-9-11-6-7-11)19-10-14(20-2)12-4-3-5-13(16)8-12;/h3-5,8,11,14H,6-7,9-10H2,1-2H3,(H2,17,18,19);1H. The highest BCUT2D eigenvalue weighted by Crippen LogP contribution is 2.28. The first kappa shape index (κ1) is 18.9. The third-order valence-corrected chi connectivity index (χ3v) is 4.68. The third kappa shape index (κ3) is 6.65. The average molecular weight is 440 g/mol. The number of nitrogens with zero attached hydrogens (tertiary/aromatic N) is 1. The van der Waals surface area contributed by atoms with E-state index in [2.05, 4.69) is 27.9 Å². The highest BCUT2D eigenvalue weighted by atomic mass is 127. The molecule has 0 aromatic heterocycles. The number of benzene rings is 1. The Bertz CT molecular complexity index is 466. The lowest BCUT2D eigenvalue weighted by atomic mass is 10.1. The second-order valence-corrected chi connectivity index (χ2v) is 6.53. The molecule has 1 unspecified atom stereocenters. The summed E-state index contributed by atoms with van der Waals surface area (Å²) in [6, 6.07) is 8.06. The van der Waals surface area contributed by atoms with Gasteiger partial charge in [-0.3, -0.25) is 4.99 Å². The van der Waals surface area contributed by atoms with Crippen molar-refractivity contribution < 1.29 is 0 Å². The normalized spacial score (nSPS) is 16.0. The summed E-state index contributed by atoms with van der Waals surface area (Å²) in [5.41, 5.74) is 1.25. The van der Waals surface area contributed by atoms with Crippen LogP contribution in [0, 0.1) is 5.92 Å². The lowest BCUT2D eigenvalue weighted by Gasteiger charge is -2.18. The number of hydrogen-bond donors (Lipinski definition) is 2. The van der Waals surface area contributed by atoms with Gasteiger partial charge in [-0.05, 0) is 42.7 Å². The molecule has 0 spiro atoms. The number of rotatable bonds is 6. The molecule has 1 saturated carbocycles. The largest absolute Gasteiger partial charge is 0.356 e. The van der Waals surface area contributed by atoms with Crippen molar-refractivity contribution in [2.45, 2.75) is 18.1 Å². The molecule has 3 nitrogen and oxygen atoms in total. The number of guanidine groups is 1. The lowest BCUT2D eigenvalue weighted by Crippen LogP contribution is -2.39. The summed E-state index contributed by atoms with van der Waals surface area (Å²) in [6.07, 6.45) is 4.81. The second-order valence-electron chi connectivity index (χ2n) is 5.06. The molecule has 1 fully saturated rings. The van der Waals surface area contributed by atoms with E-state index < -0.39 is 0 Å². The van der Waals surface area contributed by atoms with Crippen molar-refractivity contribution in [1.82, 2.24) is 10.6 Å². The molecule has 118 valence electrons. The second kappa shape index (κ2) is 9.79. The van der Waals surface area contributed by atoms with Crippen molar-refractivity contribution in [3.05, 3.63) is 34.9 Å². The first-order chi connectivity index (χ1) is 9.72. The maximum Gasteiger partial charge on any atom is 0.191 e. The molecule has 0 amide bonds. The average Bonchev–Trinajstić information content (AvgIpc) is 3.27. The minimum atomic E-state index is 0. The highest BCUT2D eigenvalue weighted by molar-refractivity contribution is 14.0. The summed E-state index contributed by atoms with van der Waals surface area (Å²) >= 11 is 7.88. The Kier molecular flexibility index (Phi) is 8.82. The summed E-state index contributed by atoms with van der Waals surface area (Å²) in [4.78, 5) is 4.26. The van der Waals surface area contributed by atoms with Crippen LogP contribution in [0.5, 0.6) is 0 Å². The van der Waals surface area contributed by atoms with Gasteiger partial charge in [-0.15, -0.1) is 24.0 Å². The summed E-state index contributed by atoms with van der Waals surface area (Å²) in [7, 11) is 1.82. The molecule has 1 aromatic rings. The molecule has 21 heavy (non-hydrogen) atoms. The molecule has 1 atom stereocenters. The van der Waals surface area contributed by atoms with Crippen molar-refractivity contribution >= 4 is 53.3 Å². The van der Waals surface area contributed by atoms with Crippen molar-refractivity contribution in [2.75, 3.05) is 26.4 Å². The number of hydrogen-bond acceptors (Lipinski definition) is 2. The lowest BCUT2D eigenvalue weighted by molar-refractivity contribution is 0.732. The van der Waals surface area contributed by atoms with E-state index in [0.29, 0.717) is 5.25 Å². The van der Waals surface area contributed by atoms with Crippen LogP contribution in [-0.2, 0) is 0 Å². The summed E-state index contributed by atoms with van der Waals surface area (Å²) in [5.74, 6) is 1.73. The molecule has 1 aliphatic rings. The molecular weight excluding hydrogens is 417 g/mol. The Morgan fingerprint density at radius 3 is 2.76 bits per heavy atom. The smallest absolute Gasteiger partial charge is 0.191 e. The zero-order chi connectivity index (χ0) is 14.4. The van der Waals surface area contributed by atoms with Gasteiger partial charge in [0.25, 0.3) is 0 Å². The van der Waals surface area contributed by atoms with Gasteiger partial charge in [-0.1, -0.05) is 23.7 Å². The fraction of sp³-hybridized carbons (Fsp3) is 0.533. The van der Waals surface area contributed by atoms with E-state index in [1.54, 1.807) is 0 Å². The maximum atomic E-state index is 6.06. The predicted octanol–water partition coefficient (Wildman–Crippen LogP) is 3.94. The van der Waals surface area contributed by atoms with Gasteiger partial charge >= 0.3 is 0 Å². The molecule has 1 aromatic carbocycles. The van der Waals surface area contributed by atoms with Crippen LogP contribution in [0.1, 0.15) is 23.7 Å². The van der Waals surface area contributed by atoms with Crippen molar-refractivity contribution in [3.63, 3.8) is 0 Å². The number of thioether (sulfide) groups is 1. The Labute approximate surface area is 153 Å². The van der Waals surface area contributed by atoms with E-state index in [1.807, 2.05) is 37.0 Å². The van der Waals surface area contributed by atoms with Gasteiger partial charge < -0.3 is 10.6 Å². The van der Waals surface area contributed by atoms with Crippen LogP contribution in [0.25, 0.3) is 0 Å². The van der Waals surface area contributed by atoms with Crippen LogP contribution in [0.3, 0.4) is 0 Å². The Morgan fingerprint density at radius 1 is 1.43 bits per heavy atom. The van der Waals surface area contributed by atoms with Gasteiger partial charge in [0.15, 0.2) is 5.96 Å². The number of nitrogens with one attached hydrogen (secondary N) is 2. The molecule has 2 rings (SSSR count). The molecule has 0 aliphatic heterocycles. The quantitative estimate of drug-likeness (QED) is 0.400. The van der Waals surface area contributed by atoms with Gasteiger partial charge in [-0.25, -0.2) is 0 Å². The van der Waals surface area contributed by atoms with Crippen LogP contribution in [-0.4, -0.2) is 32.4 Å². The molecule has 1 aliphatic carbocycles. The van der Waals surface area contributed by atoms with Gasteiger partial charge in [0.2, 0.25) is 0 Å². The van der Waals surface area contributed by atoms with Gasteiger partial charge in [0.05, 0.1) is 0 Å². The van der Waals surface area contributed by atoms with Crippen molar-refractivity contribution in [3.8, 4) is 0 Å². The van der Waals surface area contributed by atoms with E-state index in [-0.39, 0.29) is 24.0 Å². The molecule has 0 heterocycles. The van der Waals surface area contributed by atoms with E-state index in [1.165, 1.54) is 18.4 Å². The zero-order valence-electron chi connectivity index (χ0n) is 12.4. The Morgan fingerprint density at radius 2 is 2.19 bits per heavy atom. The van der Waals surface area contributed by atoms with E-state index in [9.17, 15) is 0 Å². The maximum absolute atomic E-state index is 6.06. The van der Waals surface area contributed by atoms with E-state index >= 15 is 0 Å². The summed E-state index contributed by atoms with van der Waals surface area (Å²) in [5, 5.41) is 7.93. The van der Waals surface area contributed by atoms with Crippen molar-refractivity contribution in [2.24, 2.45) is 10.9 Å². The van der Waals surface area contributed by atoms with Crippen LogP contribution in [0.4, 0.5) is 0 Å². The Balaban J connectivity index is 0.00000220. The zero-order valence-corrected chi connectivity index (χ0v) is 16.3. The topological polar surface area (TPSA) is 36.4 Å². The highest BCUT2D eigenvalue weighted by Gasteiger charge is 2.21. The minimum absolute atomic E-state index is 0.